The normalized spacial score (nSPS) is 18.8. The van der Waals surface area contributed by atoms with Gasteiger partial charge in [-0.3, -0.25) is 14.4 Å². The summed E-state index contributed by atoms with van der Waals surface area (Å²) < 4.78 is 70.5. The van der Waals surface area contributed by atoms with E-state index in [1.54, 1.807) is 77.0 Å². The Bertz CT molecular complexity index is 2650. The van der Waals surface area contributed by atoms with Crippen molar-refractivity contribution in [3.63, 3.8) is 0 Å². The van der Waals surface area contributed by atoms with Crippen LogP contribution in [0.25, 0.3) is 0 Å². The molecule has 5 atom stereocenters. The molecule has 2 aliphatic carbocycles. The summed E-state index contributed by atoms with van der Waals surface area (Å²) in [5.41, 5.74) is 1.15. The maximum Gasteiger partial charge on any atom is 0.490 e. The first-order chi connectivity index (χ1) is 41.8. The summed E-state index contributed by atoms with van der Waals surface area (Å²) in [6.07, 6.45) is 4.53. The number of aliphatic carboxylic acids is 1. The zero-order chi connectivity index (χ0) is 64.7. The van der Waals surface area contributed by atoms with Crippen LogP contribution in [0.4, 0.5) is 18.0 Å². The van der Waals surface area contributed by atoms with Gasteiger partial charge >= 0.3 is 18.2 Å². The number of carboxylic acid groups (broad SMARTS) is 1. The number of likely N-dealkylation sites (tertiary alicyclic amines) is 1. The van der Waals surface area contributed by atoms with Crippen LogP contribution in [0, 0.1) is 0 Å². The van der Waals surface area contributed by atoms with E-state index in [1.165, 1.54) is 12.8 Å². The van der Waals surface area contributed by atoms with Crippen LogP contribution < -0.4 is 29.6 Å². The number of carboxylic acids is 1. The number of rotatable bonds is 28. The summed E-state index contributed by atoms with van der Waals surface area (Å²) in [6.45, 7) is 18.6. The molecule has 2 saturated heterocycles. The molecule has 0 radical (unpaired) electrons. The van der Waals surface area contributed by atoms with Crippen molar-refractivity contribution in [2.24, 2.45) is 0 Å². The van der Waals surface area contributed by atoms with Crippen molar-refractivity contribution in [2.75, 3.05) is 81.0 Å². The number of alkyl halides is 3. The highest BCUT2D eigenvalue weighted by molar-refractivity contribution is 5.96. The van der Waals surface area contributed by atoms with Crippen LogP contribution >= 0.6 is 0 Å². The molecule has 4 amide bonds. The number of nitrogens with zero attached hydrogens (tertiary/aromatic N) is 4. The molecule has 2 aliphatic heterocycles. The van der Waals surface area contributed by atoms with Gasteiger partial charge in [0.05, 0.1) is 33.5 Å². The number of amides is 4. The summed E-state index contributed by atoms with van der Waals surface area (Å²) in [5.74, 6) is -0.822. The van der Waals surface area contributed by atoms with Gasteiger partial charge in [-0.2, -0.15) is 13.2 Å². The second-order valence-electron chi connectivity index (χ2n) is 24.3. The number of methoxy groups -OCH3 is 4. The molecular formula is C65H97F3N6O14. The lowest BCUT2D eigenvalue weighted by molar-refractivity contribution is -0.192. The molecule has 0 bridgehead atoms. The zero-order valence-electron chi connectivity index (χ0n) is 53.4. The highest BCUT2D eigenvalue weighted by Crippen LogP contribution is 2.35. The summed E-state index contributed by atoms with van der Waals surface area (Å²) >= 11 is 0. The van der Waals surface area contributed by atoms with Crippen LogP contribution in [-0.4, -0.2) is 201 Å². The fourth-order valence-electron chi connectivity index (χ4n) is 10.9. The molecule has 0 spiro atoms. The van der Waals surface area contributed by atoms with E-state index < -0.39 is 23.9 Å². The van der Waals surface area contributed by atoms with Crippen molar-refractivity contribution < 1.29 is 80.5 Å². The van der Waals surface area contributed by atoms with Crippen molar-refractivity contribution in [2.45, 2.75) is 192 Å². The van der Waals surface area contributed by atoms with Crippen molar-refractivity contribution in [3.8, 4) is 23.0 Å². The Morgan fingerprint density at radius 1 is 0.670 bits per heavy atom. The molecule has 7 rings (SSSR count). The van der Waals surface area contributed by atoms with Gasteiger partial charge < -0.3 is 73.6 Å². The SMILES string of the molecule is COCCCOc1cc(C(=O)N(C(C)C)[C@@H]2CC[C@H](CCN(C(=O)[C@H](O)c3ccccc3)C3CC3)NC2)ccc1OC.COCCCOc1cc(C(=O)N(C(C)C)[C@@H]2CC[C@H](CCNC3CC3)N(C(=O)OC(C)(C)C)C2)ccc1OC.O=C(O)C(F)(F)F. The van der Waals surface area contributed by atoms with Gasteiger partial charge in [-0.15, -0.1) is 0 Å². The molecule has 88 heavy (non-hydrogen) atoms. The average molecular weight is 1240 g/mol. The Morgan fingerprint density at radius 3 is 1.62 bits per heavy atom. The molecule has 23 heteroatoms. The van der Waals surface area contributed by atoms with Crippen LogP contribution in [0.5, 0.6) is 23.0 Å². The first-order valence-corrected chi connectivity index (χ1v) is 30.9. The Kier molecular flexibility index (Phi) is 28.9. The lowest BCUT2D eigenvalue weighted by atomic mass is 9.94. The van der Waals surface area contributed by atoms with Gasteiger partial charge in [0.2, 0.25) is 0 Å². The molecule has 4 N–H and O–H groups in total. The van der Waals surface area contributed by atoms with Gasteiger partial charge in [-0.1, -0.05) is 30.3 Å². The average Bonchev–Trinajstić information content (AvgIpc) is 4.30. The number of carbonyl (C=O) groups is 5. The number of benzene rings is 3. The van der Waals surface area contributed by atoms with Gasteiger partial charge in [0.25, 0.3) is 17.7 Å². The van der Waals surface area contributed by atoms with E-state index >= 15 is 0 Å². The standard InChI is InChI=1S/C33H47N3O6.C30H49N3O6.C2HF3O2/c1-23(2)36(32(38)25-11-16-29(41-4)30(21-25)42-20-8-19-40-3)28-13-12-26(34-22-28)17-18-35(27-14-15-27)33(39)31(37)24-9-6-5-7-10-24;1-21(2)33(28(34)22-9-14-26(37-7)27(19-22)38-18-8-17-36-6)25-13-12-24(15-16-31-23-10-11-23)32(20-25)29(35)39-30(3,4)5;3-2(4,5)1(6)7/h5-7,9-11,16,21,23,26-28,31,34,37H,8,12-15,17-20,22H2,1-4H3;9,14,19,21,23-25,31H,8,10-13,15-18,20H2,1-7H3;(H,6,7)/t26-,28-,31-;24-,25-;/m11./s1. The topological polar surface area (TPSA) is 227 Å². The predicted octanol–water partition coefficient (Wildman–Crippen LogP) is 9.70. The summed E-state index contributed by atoms with van der Waals surface area (Å²) in [5, 5.41) is 25.0. The minimum Gasteiger partial charge on any atom is -0.493 e. The molecule has 2 saturated carbocycles. The minimum atomic E-state index is -5.08. The monoisotopic (exact) mass is 1240 g/mol. The number of hydrogen-bond donors (Lipinski definition) is 4. The lowest BCUT2D eigenvalue weighted by Gasteiger charge is -2.45. The Morgan fingerprint density at radius 2 is 1.18 bits per heavy atom. The van der Waals surface area contributed by atoms with E-state index in [4.69, 9.17) is 43.1 Å². The van der Waals surface area contributed by atoms with E-state index in [9.17, 15) is 37.5 Å². The highest BCUT2D eigenvalue weighted by atomic mass is 19.4. The van der Waals surface area contributed by atoms with Gasteiger partial charge in [-0.05, 0) is 161 Å². The molecule has 3 aromatic carbocycles. The molecule has 0 unspecified atom stereocenters. The number of aliphatic hydroxyl groups is 1. The molecule has 3 aromatic rings. The first kappa shape index (κ1) is 72.3. The van der Waals surface area contributed by atoms with Crippen molar-refractivity contribution >= 4 is 29.8 Å². The molecule has 20 nitrogen and oxygen atoms in total. The Hall–Kier alpha value is -6.40. The smallest absolute Gasteiger partial charge is 0.490 e. The quantitative estimate of drug-likeness (QED) is 0.0496. The number of piperidine rings is 2. The van der Waals surface area contributed by atoms with E-state index in [0.29, 0.717) is 91.8 Å². The fraction of sp³-hybridized carbons (Fsp3) is 0.646. The van der Waals surface area contributed by atoms with Gasteiger partial charge in [0.1, 0.15) is 5.60 Å². The summed E-state index contributed by atoms with van der Waals surface area (Å²) in [7, 11) is 6.49. The van der Waals surface area contributed by atoms with Gasteiger partial charge in [0, 0.05) is 113 Å². The van der Waals surface area contributed by atoms with Crippen LogP contribution in [-0.2, 0) is 23.8 Å². The third-order valence-corrected chi connectivity index (χ3v) is 15.6. The van der Waals surface area contributed by atoms with Crippen LogP contribution in [0.3, 0.4) is 0 Å². The van der Waals surface area contributed by atoms with Gasteiger partial charge in [0.15, 0.2) is 29.1 Å². The van der Waals surface area contributed by atoms with Crippen molar-refractivity contribution in [1.29, 1.82) is 0 Å². The van der Waals surface area contributed by atoms with Crippen LogP contribution in [0.15, 0.2) is 66.7 Å². The van der Waals surface area contributed by atoms with E-state index in [1.807, 2.05) is 86.3 Å². The highest BCUT2D eigenvalue weighted by Gasteiger charge is 2.41. The van der Waals surface area contributed by atoms with Crippen LogP contribution in [0.1, 0.15) is 158 Å². The number of aliphatic hydroxyl groups excluding tert-OH is 1. The minimum absolute atomic E-state index is 0.0245. The molecule has 4 aliphatic rings. The van der Waals surface area contributed by atoms with Crippen molar-refractivity contribution in [3.05, 3.63) is 83.4 Å². The Balaban J connectivity index is 0.000000290. The van der Waals surface area contributed by atoms with E-state index in [-0.39, 0.29) is 66.1 Å². The zero-order valence-corrected chi connectivity index (χ0v) is 53.4. The molecule has 0 aromatic heterocycles. The number of hydrogen-bond acceptors (Lipinski definition) is 15. The predicted molar refractivity (Wildman–Crippen MR) is 327 cm³/mol. The third-order valence-electron chi connectivity index (χ3n) is 15.6. The largest absolute Gasteiger partial charge is 0.493 e. The Labute approximate surface area is 518 Å². The number of halogens is 3. The maximum absolute atomic E-state index is 13.9. The maximum atomic E-state index is 13.9. The summed E-state index contributed by atoms with van der Waals surface area (Å²) in [6, 6.07) is 20.9. The van der Waals surface area contributed by atoms with E-state index in [2.05, 4.69) is 10.6 Å². The van der Waals surface area contributed by atoms with Crippen LogP contribution in [0.2, 0.25) is 0 Å². The molecule has 2 heterocycles. The summed E-state index contributed by atoms with van der Waals surface area (Å²) in [4.78, 5) is 70.7. The first-order valence-electron chi connectivity index (χ1n) is 30.9. The number of nitrogens with one attached hydrogen (secondary N) is 2. The second kappa shape index (κ2) is 35.1. The number of ether oxygens (including phenoxy) is 7. The fourth-order valence-corrected chi connectivity index (χ4v) is 10.9. The third kappa shape index (κ3) is 22.9. The van der Waals surface area contributed by atoms with Gasteiger partial charge in [-0.25, -0.2) is 9.59 Å². The second-order valence-corrected chi connectivity index (χ2v) is 24.3. The van der Waals surface area contributed by atoms with E-state index in [0.717, 1.165) is 70.8 Å². The number of carbonyl (C=O) groups excluding carboxylic acids is 4. The molecule has 492 valence electrons. The van der Waals surface area contributed by atoms with Crippen molar-refractivity contribution in [1.82, 2.24) is 30.2 Å². The molecule has 4 fully saturated rings. The molecular weight excluding hydrogens is 1150 g/mol. The lowest BCUT2D eigenvalue weighted by Crippen LogP contribution is -2.57.